The second-order valence-corrected chi connectivity index (χ2v) is 8.90. The maximum atomic E-state index is 13.4. The third-order valence-corrected chi connectivity index (χ3v) is 7.65. The van der Waals surface area contributed by atoms with Crippen molar-refractivity contribution < 1.29 is 24.6 Å². The summed E-state index contributed by atoms with van der Waals surface area (Å²) in [4.78, 5) is 53.3. The van der Waals surface area contributed by atoms with E-state index in [9.17, 15) is 29.4 Å². The number of benzene rings is 1. The van der Waals surface area contributed by atoms with Crippen LogP contribution < -0.4 is 4.87 Å². The third kappa shape index (κ3) is 2.59. The fraction of sp³-hybridized carbons (Fsp3) is 0.333. The summed E-state index contributed by atoms with van der Waals surface area (Å²) < 4.78 is 0. The number of aromatic nitrogens is 1. The molecule has 10 heteroatoms. The van der Waals surface area contributed by atoms with Crippen molar-refractivity contribution in [2.24, 2.45) is 5.41 Å². The van der Waals surface area contributed by atoms with E-state index < -0.39 is 35.2 Å². The number of thiazole rings is 1. The molecule has 3 unspecified atom stereocenters. The number of aromatic amines is 1. The maximum Gasteiger partial charge on any atom is 0.326 e. The van der Waals surface area contributed by atoms with Gasteiger partial charge in [0.15, 0.2) is 0 Å². The molecule has 2 amide bonds. The molecule has 0 saturated carbocycles. The third-order valence-electron chi connectivity index (χ3n) is 5.30. The van der Waals surface area contributed by atoms with Crippen LogP contribution in [0.4, 0.5) is 0 Å². The lowest BCUT2D eigenvalue weighted by atomic mass is 9.70. The predicted molar refractivity (Wildman–Crippen MR) is 102 cm³/mol. The van der Waals surface area contributed by atoms with Crippen LogP contribution >= 0.6 is 23.1 Å². The van der Waals surface area contributed by atoms with Gasteiger partial charge in [0.25, 0.3) is 0 Å². The molecule has 4 rings (SSSR count). The largest absolute Gasteiger partial charge is 0.508 e. The number of imide groups is 1. The van der Waals surface area contributed by atoms with E-state index in [4.69, 9.17) is 0 Å². The van der Waals surface area contributed by atoms with Gasteiger partial charge >= 0.3 is 10.8 Å². The molecule has 0 aliphatic carbocycles. The number of aromatic hydroxyl groups is 1. The van der Waals surface area contributed by atoms with Crippen LogP contribution in [-0.4, -0.2) is 49.7 Å². The van der Waals surface area contributed by atoms with Gasteiger partial charge in [-0.2, -0.15) is 0 Å². The summed E-state index contributed by atoms with van der Waals surface area (Å²) in [5, 5.41) is 20.4. The number of rotatable bonds is 3. The molecular formula is C18H16N2O6S2. The average Bonchev–Trinajstić information content (AvgIpc) is 3.13. The molecule has 2 aliphatic heterocycles. The minimum atomic E-state index is -1.29. The number of hydrogen-bond acceptors (Lipinski definition) is 7. The number of hydrogen-bond donors (Lipinski definition) is 3. The highest BCUT2D eigenvalue weighted by Gasteiger charge is 2.61. The highest BCUT2D eigenvalue weighted by atomic mass is 32.2. The van der Waals surface area contributed by atoms with Crippen LogP contribution in [0.1, 0.15) is 29.7 Å². The Morgan fingerprint density at radius 1 is 1.32 bits per heavy atom. The Kier molecular flexibility index (Phi) is 4.35. The highest BCUT2D eigenvalue weighted by Crippen LogP contribution is 2.58. The fourth-order valence-corrected chi connectivity index (χ4v) is 6.51. The number of phenolic OH excluding ortho intramolecular Hbond substituents is 1. The Hall–Kier alpha value is -2.59. The number of nitrogens with zero attached hydrogens (tertiary/aromatic N) is 1. The van der Waals surface area contributed by atoms with E-state index in [0.29, 0.717) is 15.5 Å². The van der Waals surface area contributed by atoms with Gasteiger partial charge in [0.05, 0.1) is 10.4 Å². The number of likely N-dealkylation sites (tertiary alicyclic amines) is 1. The van der Waals surface area contributed by atoms with E-state index >= 15 is 0 Å². The lowest BCUT2D eigenvalue weighted by Gasteiger charge is -2.38. The van der Waals surface area contributed by atoms with E-state index in [1.807, 2.05) is 0 Å². The first kappa shape index (κ1) is 18.8. The Morgan fingerprint density at radius 2 is 2.04 bits per heavy atom. The number of carbonyl (C=O) groups is 3. The SMILES string of the molecule is CC(C(=O)O)N1C(=O)CC2(CSc3[nH]c(=O)sc3C2c2ccccc2O)C1=O. The number of aliphatic carboxylic acids is 1. The van der Waals surface area contributed by atoms with Crippen molar-refractivity contribution >= 4 is 40.9 Å². The molecule has 1 aromatic heterocycles. The molecule has 0 bridgehead atoms. The maximum absolute atomic E-state index is 13.4. The number of para-hydroxylation sites is 1. The second-order valence-electron chi connectivity index (χ2n) is 6.90. The van der Waals surface area contributed by atoms with Gasteiger partial charge in [0.1, 0.15) is 11.8 Å². The number of carboxylic acid groups (broad SMARTS) is 1. The topological polar surface area (TPSA) is 128 Å². The molecule has 1 aromatic carbocycles. The summed E-state index contributed by atoms with van der Waals surface area (Å²) in [6.45, 7) is 1.29. The van der Waals surface area contributed by atoms with Crippen LogP contribution in [0.2, 0.25) is 0 Å². The van der Waals surface area contributed by atoms with Crippen molar-refractivity contribution in [3.05, 3.63) is 44.4 Å². The monoisotopic (exact) mass is 420 g/mol. The summed E-state index contributed by atoms with van der Waals surface area (Å²) >= 11 is 2.20. The lowest BCUT2D eigenvalue weighted by Crippen LogP contribution is -2.48. The summed E-state index contributed by atoms with van der Waals surface area (Å²) in [5.41, 5.74) is -0.826. The smallest absolute Gasteiger partial charge is 0.326 e. The van der Waals surface area contributed by atoms with Crippen molar-refractivity contribution in [1.29, 1.82) is 0 Å². The standard InChI is InChI=1S/C18H16N2O6S2/c1-8(15(23)24)20-11(22)6-18(16(20)25)7-27-14-13(28-17(26)19-14)12(18)9-4-2-3-5-10(9)21/h2-5,8,12,21H,6-7H2,1H3,(H,19,26)(H,23,24). The number of carboxylic acids is 1. The van der Waals surface area contributed by atoms with Crippen LogP contribution in [0.15, 0.2) is 34.1 Å². The van der Waals surface area contributed by atoms with Gasteiger partial charge in [0, 0.05) is 28.5 Å². The summed E-state index contributed by atoms with van der Waals surface area (Å²) in [5.74, 6) is -2.99. The van der Waals surface area contributed by atoms with Crippen LogP contribution in [0.25, 0.3) is 0 Å². The zero-order chi connectivity index (χ0) is 20.2. The molecule has 3 atom stereocenters. The van der Waals surface area contributed by atoms with Gasteiger partial charge in [-0.25, -0.2) is 4.79 Å². The molecule has 2 aliphatic rings. The van der Waals surface area contributed by atoms with Crippen LogP contribution in [-0.2, 0) is 14.4 Å². The number of carbonyl (C=O) groups excluding carboxylic acids is 2. The molecule has 0 radical (unpaired) electrons. The van der Waals surface area contributed by atoms with Gasteiger partial charge < -0.3 is 15.2 Å². The van der Waals surface area contributed by atoms with Crippen molar-refractivity contribution in [2.45, 2.75) is 30.3 Å². The number of phenols is 1. The number of H-pyrrole nitrogens is 1. The Bertz CT molecular complexity index is 1060. The number of nitrogens with one attached hydrogen (secondary N) is 1. The first-order valence-corrected chi connectivity index (χ1v) is 10.3. The number of thioether (sulfide) groups is 1. The molecule has 2 aromatic rings. The molecule has 3 N–H and O–H groups in total. The summed E-state index contributed by atoms with van der Waals surface area (Å²) in [7, 11) is 0. The quantitative estimate of drug-likeness (QED) is 0.644. The second kappa shape index (κ2) is 6.49. The average molecular weight is 420 g/mol. The van der Waals surface area contributed by atoms with E-state index in [-0.39, 0.29) is 22.8 Å². The fourth-order valence-electron chi connectivity index (χ4n) is 3.95. The number of amides is 2. The minimum Gasteiger partial charge on any atom is -0.508 e. The van der Waals surface area contributed by atoms with Crippen molar-refractivity contribution in [3.63, 3.8) is 0 Å². The van der Waals surface area contributed by atoms with Gasteiger partial charge in [-0.3, -0.25) is 19.3 Å². The van der Waals surface area contributed by atoms with Crippen molar-refractivity contribution in [1.82, 2.24) is 9.88 Å². The highest BCUT2D eigenvalue weighted by molar-refractivity contribution is 7.99. The first-order chi connectivity index (χ1) is 13.3. The zero-order valence-corrected chi connectivity index (χ0v) is 16.3. The molecule has 1 fully saturated rings. The Labute approximate surface area is 167 Å². The van der Waals surface area contributed by atoms with Crippen LogP contribution in [0.5, 0.6) is 5.75 Å². The van der Waals surface area contributed by atoms with Crippen molar-refractivity contribution in [2.75, 3.05) is 5.75 Å². The lowest BCUT2D eigenvalue weighted by molar-refractivity contribution is -0.154. The van der Waals surface area contributed by atoms with E-state index in [2.05, 4.69) is 4.98 Å². The summed E-state index contributed by atoms with van der Waals surface area (Å²) in [6.07, 6.45) is -0.180. The molecule has 28 heavy (non-hydrogen) atoms. The van der Waals surface area contributed by atoms with Crippen molar-refractivity contribution in [3.8, 4) is 5.75 Å². The van der Waals surface area contributed by atoms with Gasteiger partial charge in [-0.05, 0) is 13.0 Å². The summed E-state index contributed by atoms with van der Waals surface area (Å²) in [6, 6.07) is 5.20. The Morgan fingerprint density at radius 3 is 2.71 bits per heavy atom. The molecule has 8 nitrogen and oxygen atoms in total. The minimum absolute atomic E-state index is 0.0458. The van der Waals surface area contributed by atoms with Gasteiger partial charge in [-0.1, -0.05) is 29.5 Å². The van der Waals surface area contributed by atoms with E-state index in [1.165, 1.54) is 24.8 Å². The molecule has 146 valence electrons. The first-order valence-electron chi connectivity index (χ1n) is 8.49. The molecule has 1 spiro atoms. The molecule has 3 heterocycles. The van der Waals surface area contributed by atoms with Gasteiger partial charge in [0.2, 0.25) is 11.8 Å². The van der Waals surface area contributed by atoms with Crippen LogP contribution in [0.3, 0.4) is 0 Å². The van der Waals surface area contributed by atoms with E-state index in [0.717, 1.165) is 16.2 Å². The normalized spacial score (nSPS) is 25.2. The van der Waals surface area contributed by atoms with E-state index in [1.54, 1.807) is 18.2 Å². The zero-order valence-electron chi connectivity index (χ0n) is 14.7. The molecule has 1 saturated heterocycles. The van der Waals surface area contributed by atoms with Crippen LogP contribution in [0, 0.1) is 5.41 Å². The Balaban J connectivity index is 1.92. The predicted octanol–water partition coefficient (Wildman–Crippen LogP) is 1.60. The molecular weight excluding hydrogens is 404 g/mol. The number of fused-ring (bicyclic) bond motifs is 1. The van der Waals surface area contributed by atoms with Gasteiger partial charge in [-0.15, -0.1) is 11.8 Å².